The third-order valence-electron chi connectivity index (χ3n) is 5.46. The summed E-state index contributed by atoms with van der Waals surface area (Å²) in [6.07, 6.45) is 1.52. The first-order chi connectivity index (χ1) is 16.4. The van der Waals surface area contributed by atoms with Crippen LogP contribution in [0.5, 0.6) is 0 Å². The molecule has 2 amide bonds. The predicted octanol–water partition coefficient (Wildman–Crippen LogP) is 2.79. The summed E-state index contributed by atoms with van der Waals surface area (Å²) in [7, 11) is -3.77. The molecule has 0 atom stereocenters. The van der Waals surface area contributed by atoms with Gasteiger partial charge < -0.3 is 19.8 Å². The van der Waals surface area contributed by atoms with Gasteiger partial charge in [-0.3, -0.25) is 9.59 Å². The summed E-state index contributed by atoms with van der Waals surface area (Å²) < 4.78 is 38.1. The number of hydrogen-bond acceptors (Lipinski definition) is 6. The van der Waals surface area contributed by atoms with Crippen LogP contribution in [-0.2, 0) is 21.3 Å². The van der Waals surface area contributed by atoms with E-state index in [9.17, 15) is 18.0 Å². The standard InChI is InChI=1S/C24H25N3O6S/c1-17-8-9-18(15-22(17)34(30,31)27-10-13-32-14-11-27)23(28)26-21-7-3-2-6-20(21)24(29)25-16-19-5-4-12-33-19/h2-9,12,15H,10-11,13-14,16H2,1H3,(H,25,29)(H,26,28). The Balaban J connectivity index is 1.53. The zero-order chi connectivity index (χ0) is 24.1. The van der Waals surface area contributed by atoms with Gasteiger partial charge in [0.05, 0.1) is 42.2 Å². The van der Waals surface area contributed by atoms with Gasteiger partial charge in [-0.25, -0.2) is 8.42 Å². The summed E-state index contributed by atoms with van der Waals surface area (Å²) >= 11 is 0. The van der Waals surface area contributed by atoms with Crippen LogP contribution in [0.3, 0.4) is 0 Å². The number of hydrogen-bond donors (Lipinski definition) is 2. The Bertz CT molecular complexity index is 1280. The van der Waals surface area contributed by atoms with E-state index in [4.69, 9.17) is 9.15 Å². The number of amides is 2. The number of carbonyl (C=O) groups excluding carboxylic acids is 2. The zero-order valence-corrected chi connectivity index (χ0v) is 19.4. The van der Waals surface area contributed by atoms with E-state index in [-0.39, 0.29) is 41.6 Å². The summed E-state index contributed by atoms with van der Waals surface area (Å²) in [6.45, 7) is 3.08. The smallest absolute Gasteiger partial charge is 0.255 e. The van der Waals surface area contributed by atoms with Crippen LogP contribution in [0, 0.1) is 6.92 Å². The summed E-state index contributed by atoms with van der Waals surface area (Å²) in [5.41, 5.74) is 1.29. The molecule has 2 heterocycles. The van der Waals surface area contributed by atoms with Crippen molar-refractivity contribution in [1.29, 1.82) is 0 Å². The van der Waals surface area contributed by atoms with E-state index < -0.39 is 15.9 Å². The van der Waals surface area contributed by atoms with E-state index in [0.29, 0.717) is 30.2 Å². The minimum atomic E-state index is -3.77. The lowest BCUT2D eigenvalue weighted by Crippen LogP contribution is -2.40. The second-order valence-corrected chi connectivity index (χ2v) is 9.66. The van der Waals surface area contributed by atoms with Crippen molar-refractivity contribution in [1.82, 2.24) is 9.62 Å². The molecule has 0 unspecified atom stereocenters. The molecule has 1 saturated heterocycles. The van der Waals surface area contributed by atoms with Crippen molar-refractivity contribution in [3.8, 4) is 0 Å². The second kappa shape index (κ2) is 10.2. The topological polar surface area (TPSA) is 118 Å². The monoisotopic (exact) mass is 483 g/mol. The number of sulfonamides is 1. The van der Waals surface area contributed by atoms with E-state index in [1.54, 1.807) is 55.5 Å². The normalized spacial score (nSPS) is 14.5. The molecule has 0 bridgehead atoms. The number of morpholine rings is 1. The van der Waals surface area contributed by atoms with Crippen molar-refractivity contribution in [3.63, 3.8) is 0 Å². The number of ether oxygens (including phenoxy) is 1. The molecule has 10 heteroatoms. The lowest BCUT2D eigenvalue weighted by Gasteiger charge is -2.26. The first kappa shape index (κ1) is 23.7. The Labute approximate surface area is 197 Å². The summed E-state index contributed by atoms with van der Waals surface area (Å²) in [6, 6.07) is 14.6. The minimum absolute atomic E-state index is 0.0755. The predicted molar refractivity (Wildman–Crippen MR) is 125 cm³/mol. The molecule has 34 heavy (non-hydrogen) atoms. The average molecular weight is 484 g/mol. The molecule has 0 saturated carbocycles. The van der Waals surface area contributed by atoms with Gasteiger partial charge in [0, 0.05) is 18.7 Å². The first-order valence-electron chi connectivity index (χ1n) is 10.8. The SMILES string of the molecule is Cc1ccc(C(=O)Nc2ccccc2C(=O)NCc2ccco2)cc1S(=O)(=O)N1CCOCC1. The van der Waals surface area contributed by atoms with Crippen LogP contribution in [0.1, 0.15) is 32.0 Å². The highest BCUT2D eigenvalue weighted by Crippen LogP contribution is 2.23. The number of benzene rings is 2. The van der Waals surface area contributed by atoms with Crippen molar-refractivity contribution in [3.05, 3.63) is 83.3 Å². The van der Waals surface area contributed by atoms with Gasteiger partial charge in [-0.15, -0.1) is 0 Å². The van der Waals surface area contributed by atoms with Crippen molar-refractivity contribution >= 4 is 27.5 Å². The molecule has 0 radical (unpaired) electrons. The fraction of sp³-hybridized carbons (Fsp3) is 0.250. The summed E-state index contributed by atoms with van der Waals surface area (Å²) in [4.78, 5) is 25.8. The zero-order valence-electron chi connectivity index (χ0n) is 18.6. The molecule has 1 aromatic heterocycles. The van der Waals surface area contributed by atoms with Crippen LogP contribution in [0.15, 0.2) is 70.2 Å². The number of furan rings is 1. The number of nitrogens with zero attached hydrogens (tertiary/aromatic N) is 1. The molecule has 178 valence electrons. The van der Waals surface area contributed by atoms with E-state index >= 15 is 0 Å². The molecular weight excluding hydrogens is 458 g/mol. The molecule has 1 aliphatic rings. The Morgan fingerprint density at radius 1 is 1.00 bits per heavy atom. The van der Waals surface area contributed by atoms with Gasteiger partial charge in [0.15, 0.2) is 0 Å². The van der Waals surface area contributed by atoms with Gasteiger partial charge in [0.25, 0.3) is 11.8 Å². The van der Waals surface area contributed by atoms with Crippen LogP contribution < -0.4 is 10.6 Å². The molecule has 0 aliphatic carbocycles. The number of carbonyl (C=O) groups is 2. The van der Waals surface area contributed by atoms with E-state index in [1.807, 2.05) is 0 Å². The third-order valence-corrected chi connectivity index (χ3v) is 7.50. The average Bonchev–Trinajstić information content (AvgIpc) is 3.37. The van der Waals surface area contributed by atoms with Crippen LogP contribution in [0.2, 0.25) is 0 Å². The summed E-state index contributed by atoms with van der Waals surface area (Å²) in [5, 5.41) is 5.48. The maximum absolute atomic E-state index is 13.1. The Kier molecular flexibility index (Phi) is 7.11. The quantitative estimate of drug-likeness (QED) is 0.534. The Morgan fingerprint density at radius 3 is 2.50 bits per heavy atom. The lowest BCUT2D eigenvalue weighted by molar-refractivity contribution is 0.0730. The molecule has 0 spiro atoms. The van der Waals surface area contributed by atoms with Crippen molar-refractivity contribution in [2.24, 2.45) is 0 Å². The number of nitrogens with one attached hydrogen (secondary N) is 2. The molecule has 2 aromatic carbocycles. The maximum Gasteiger partial charge on any atom is 0.255 e. The van der Waals surface area contributed by atoms with Crippen molar-refractivity contribution in [2.75, 3.05) is 31.6 Å². The largest absolute Gasteiger partial charge is 0.467 e. The van der Waals surface area contributed by atoms with Gasteiger partial charge in [-0.2, -0.15) is 4.31 Å². The van der Waals surface area contributed by atoms with Crippen molar-refractivity contribution in [2.45, 2.75) is 18.4 Å². The molecule has 1 fully saturated rings. The Hall–Kier alpha value is -3.47. The Morgan fingerprint density at radius 2 is 1.76 bits per heavy atom. The summed E-state index contributed by atoms with van der Waals surface area (Å²) in [5.74, 6) is -0.306. The van der Waals surface area contributed by atoms with Crippen LogP contribution in [0.25, 0.3) is 0 Å². The highest BCUT2D eigenvalue weighted by Gasteiger charge is 2.28. The second-order valence-electron chi connectivity index (χ2n) is 7.76. The minimum Gasteiger partial charge on any atom is -0.467 e. The van der Waals surface area contributed by atoms with Crippen LogP contribution >= 0.6 is 0 Å². The number of anilines is 1. The van der Waals surface area contributed by atoms with Gasteiger partial charge >= 0.3 is 0 Å². The molecule has 3 aromatic rings. The van der Waals surface area contributed by atoms with E-state index in [0.717, 1.165) is 0 Å². The number of para-hydroxylation sites is 1. The van der Waals surface area contributed by atoms with Crippen LogP contribution in [-0.4, -0.2) is 50.8 Å². The van der Waals surface area contributed by atoms with Gasteiger partial charge in [0.1, 0.15) is 5.76 Å². The molecule has 9 nitrogen and oxygen atoms in total. The van der Waals surface area contributed by atoms with E-state index in [1.165, 1.54) is 16.6 Å². The van der Waals surface area contributed by atoms with Gasteiger partial charge in [-0.05, 0) is 48.9 Å². The highest BCUT2D eigenvalue weighted by atomic mass is 32.2. The van der Waals surface area contributed by atoms with Crippen molar-refractivity contribution < 1.29 is 27.2 Å². The molecular formula is C24H25N3O6S. The van der Waals surface area contributed by atoms with Gasteiger partial charge in [-0.1, -0.05) is 18.2 Å². The third kappa shape index (κ3) is 5.19. The number of aryl methyl sites for hydroxylation is 1. The van der Waals surface area contributed by atoms with Crippen LogP contribution in [0.4, 0.5) is 5.69 Å². The highest BCUT2D eigenvalue weighted by molar-refractivity contribution is 7.89. The molecule has 4 rings (SSSR count). The number of rotatable bonds is 7. The molecule has 2 N–H and O–H groups in total. The first-order valence-corrected chi connectivity index (χ1v) is 12.2. The molecule has 1 aliphatic heterocycles. The fourth-order valence-corrected chi connectivity index (χ4v) is 5.26. The fourth-order valence-electron chi connectivity index (χ4n) is 3.61. The van der Waals surface area contributed by atoms with Gasteiger partial charge in [0.2, 0.25) is 10.0 Å². The lowest BCUT2D eigenvalue weighted by atomic mass is 10.1. The maximum atomic E-state index is 13.1. The van der Waals surface area contributed by atoms with E-state index in [2.05, 4.69) is 10.6 Å².